The summed E-state index contributed by atoms with van der Waals surface area (Å²) < 4.78 is 27.4. The topological polar surface area (TPSA) is 127 Å². The fourth-order valence-electron chi connectivity index (χ4n) is 2.94. The van der Waals surface area contributed by atoms with Crippen LogP contribution in [0.3, 0.4) is 0 Å². The smallest absolute Gasteiger partial charge is 0.271 e. The fourth-order valence-corrected chi connectivity index (χ4v) is 4.38. The summed E-state index contributed by atoms with van der Waals surface area (Å²) >= 11 is 0. The zero-order valence-corrected chi connectivity index (χ0v) is 17.8. The van der Waals surface area contributed by atoms with Gasteiger partial charge in [0.2, 0.25) is 5.91 Å². The number of hydrogen-bond donors (Lipinski definition) is 1. The monoisotopic (exact) mass is 453 g/mol. The predicted molar refractivity (Wildman–Crippen MR) is 119 cm³/mol. The summed E-state index contributed by atoms with van der Waals surface area (Å²) in [4.78, 5) is 34.8. The molecule has 0 saturated heterocycles. The molecule has 3 aromatic rings. The van der Waals surface area contributed by atoms with Crippen molar-refractivity contribution in [1.82, 2.24) is 0 Å². The van der Waals surface area contributed by atoms with Crippen molar-refractivity contribution in [3.63, 3.8) is 0 Å². The van der Waals surface area contributed by atoms with E-state index in [2.05, 4.69) is 5.32 Å². The van der Waals surface area contributed by atoms with Crippen LogP contribution in [0.1, 0.15) is 17.3 Å². The van der Waals surface area contributed by atoms with Gasteiger partial charge in [-0.3, -0.25) is 24.0 Å². The molecule has 0 spiro atoms. The summed E-state index contributed by atoms with van der Waals surface area (Å²) in [6.07, 6.45) is 0. The molecule has 0 aliphatic heterocycles. The van der Waals surface area contributed by atoms with Crippen LogP contribution in [0.4, 0.5) is 17.1 Å². The van der Waals surface area contributed by atoms with Crippen molar-refractivity contribution in [3.05, 3.63) is 94.5 Å². The van der Waals surface area contributed by atoms with Gasteiger partial charge in [-0.15, -0.1) is 0 Å². The van der Waals surface area contributed by atoms with E-state index in [0.29, 0.717) is 11.3 Å². The Kier molecular flexibility index (Phi) is 6.64. The van der Waals surface area contributed by atoms with Crippen LogP contribution in [0.25, 0.3) is 0 Å². The Morgan fingerprint density at radius 1 is 0.969 bits per heavy atom. The number of carbonyl (C=O) groups is 2. The molecule has 1 N–H and O–H groups in total. The van der Waals surface area contributed by atoms with E-state index in [0.717, 1.165) is 10.4 Å². The van der Waals surface area contributed by atoms with Crippen LogP contribution in [-0.4, -0.2) is 31.6 Å². The molecule has 164 valence electrons. The van der Waals surface area contributed by atoms with Gasteiger partial charge in [-0.05, 0) is 37.3 Å². The molecule has 0 fully saturated rings. The summed E-state index contributed by atoms with van der Waals surface area (Å²) in [6, 6.07) is 18.7. The Balaban J connectivity index is 1.97. The van der Waals surface area contributed by atoms with Crippen LogP contribution in [0, 0.1) is 10.1 Å². The lowest BCUT2D eigenvalue weighted by Gasteiger charge is -2.24. The number of carbonyl (C=O) groups excluding carboxylic acids is 2. The highest BCUT2D eigenvalue weighted by atomic mass is 32.2. The van der Waals surface area contributed by atoms with E-state index in [4.69, 9.17) is 0 Å². The van der Waals surface area contributed by atoms with E-state index >= 15 is 0 Å². The second-order valence-corrected chi connectivity index (χ2v) is 8.65. The van der Waals surface area contributed by atoms with Gasteiger partial charge in [0.1, 0.15) is 6.54 Å². The summed E-state index contributed by atoms with van der Waals surface area (Å²) in [6.45, 7) is 0.750. The number of nitro groups is 1. The van der Waals surface area contributed by atoms with Crippen molar-refractivity contribution in [3.8, 4) is 0 Å². The average molecular weight is 453 g/mol. The molecule has 9 nitrogen and oxygen atoms in total. The first kappa shape index (κ1) is 22.6. The molecule has 0 aromatic heterocycles. The van der Waals surface area contributed by atoms with Gasteiger partial charge in [-0.25, -0.2) is 8.42 Å². The molecule has 3 rings (SSSR count). The van der Waals surface area contributed by atoms with E-state index in [1.807, 2.05) is 0 Å². The summed E-state index contributed by atoms with van der Waals surface area (Å²) in [5, 5.41) is 13.7. The molecular formula is C22H19N3O6S. The minimum absolute atomic E-state index is 0.0318. The molecule has 32 heavy (non-hydrogen) atoms. The maximum absolute atomic E-state index is 13.3. The van der Waals surface area contributed by atoms with Gasteiger partial charge < -0.3 is 5.32 Å². The van der Waals surface area contributed by atoms with Gasteiger partial charge in [0.05, 0.1) is 15.5 Å². The zero-order chi connectivity index (χ0) is 23.3. The molecule has 0 aliphatic carbocycles. The van der Waals surface area contributed by atoms with Crippen molar-refractivity contribution < 1.29 is 22.9 Å². The molecule has 0 heterocycles. The fraction of sp³-hybridized carbons (Fsp3) is 0.0909. The van der Waals surface area contributed by atoms with E-state index < -0.39 is 27.4 Å². The quantitative estimate of drug-likeness (QED) is 0.315. The van der Waals surface area contributed by atoms with Gasteiger partial charge in [0.15, 0.2) is 5.78 Å². The minimum atomic E-state index is -4.21. The van der Waals surface area contributed by atoms with Crippen molar-refractivity contribution >= 4 is 38.8 Å². The first-order valence-corrected chi connectivity index (χ1v) is 10.9. The van der Waals surface area contributed by atoms with Crippen molar-refractivity contribution in [2.75, 3.05) is 16.2 Å². The molecule has 10 heteroatoms. The van der Waals surface area contributed by atoms with Gasteiger partial charge in [-0.2, -0.15) is 0 Å². The molecule has 0 aliphatic rings. The number of ketones is 1. The standard InChI is InChI=1S/C22H19N3O6S/c1-16(26)17-7-5-8-18(13-17)23-22(27)15-24(19-9-6-10-20(14-19)25(28)29)32(30,31)21-11-3-2-4-12-21/h2-14H,15H2,1H3,(H,23,27). The summed E-state index contributed by atoms with van der Waals surface area (Å²) in [5.41, 5.74) is 0.357. The normalized spacial score (nSPS) is 10.9. The van der Waals surface area contributed by atoms with E-state index in [-0.39, 0.29) is 22.1 Å². The number of amides is 1. The number of nitrogens with zero attached hydrogens (tertiary/aromatic N) is 2. The molecule has 0 saturated carbocycles. The SMILES string of the molecule is CC(=O)c1cccc(NC(=O)CN(c2cccc([N+](=O)[O-])c2)S(=O)(=O)c2ccccc2)c1. The molecule has 0 atom stereocenters. The molecular weight excluding hydrogens is 434 g/mol. The van der Waals surface area contributed by atoms with Crippen LogP contribution in [-0.2, 0) is 14.8 Å². The lowest BCUT2D eigenvalue weighted by Crippen LogP contribution is -2.38. The number of rotatable bonds is 8. The van der Waals surface area contributed by atoms with Crippen LogP contribution < -0.4 is 9.62 Å². The number of nitrogens with one attached hydrogen (secondary N) is 1. The van der Waals surface area contributed by atoms with Crippen LogP contribution in [0.2, 0.25) is 0 Å². The van der Waals surface area contributed by atoms with E-state index in [1.54, 1.807) is 24.3 Å². The number of non-ortho nitro benzene ring substituents is 1. The molecule has 0 bridgehead atoms. The van der Waals surface area contributed by atoms with Gasteiger partial charge >= 0.3 is 0 Å². The number of Topliss-reactive ketones (excluding diaryl/α,β-unsaturated/α-hetero) is 1. The Bertz CT molecular complexity index is 1280. The minimum Gasteiger partial charge on any atom is -0.324 e. The van der Waals surface area contributed by atoms with E-state index in [9.17, 15) is 28.1 Å². The largest absolute Gasteiger partial charge is 0.324 e. The summed E-state index contributed by atoms with van der Waals surface area (Å²) in [5.74, 6) is -0.873. The highest BCUT2D eigenvalue weighted by Gasteiger charge is 2.28. The van der Waals surface area contributed by atoms with Gasteiger partial charge in [-0.1, -0.05) is 36.4 Å². The number of anilines is 2. The third-order valence-electron chi connectivity index (χ3n) is 4.50. The van der Waals surface area contributed by atoms with Crippen LogP contribution in [0.5, 0.6) is 0 Å². The lowest BCUT2D eigenvalue weighted by molar-refractivity contribution is -0.384. The Morgan fingerprint density at radius 2 is 1.66 bits per heavy atom. The van der Waals surface area contributed by atoms with Gasteiger partial charge in [0.25, 0.3) is 15.7 Å². The lowest BCUT2D eigenvalue weighted by atomic mass is 10.1. The average Bonchev–Trinajstić information content (AvgIpc) is 2.78. The van der Waals surface area contributed by atoms with Crippen LogP contribution in [0.15, 0.2) is 83.8 Å². The number of sulfonamides is 1. The molecule has 0 radical (unpaired) electrons. The zero-order valence-electron chi connectivity index (χ0n) is 17.0. The number of nitro benzene ring substituents is 1. The van der Waals surface area contributed by atoms with Crippen molar-refractivity contribution in [1.29, 1.82) is 0 Å². The maximum Gasteiger partial charge on any atom is 0.271 e. The van der Waals surface area contributed by atoms with Crippen molar-refractivity contribution in [2.24, 2.45) is 0 Å². The second-order valence-electron chi connectivity index (χ2n) is 6.79. The predicted octanol–water partition coefficient (Wildman–Crippen LogP) is 3.63. The first-order chi connectivity index (χ1) is 15.2. The number of benzene rings is 3. The highest BCUT2D eigenvalue weighted by Crippen LogP contribution is 2.27. The molecule has 0 unspecified atom stereocenters. The Labute approximate surface area is 184 Å². The third-order valence-corrected chi connectivity index (χ3v) is 6.29. The number of hydrogen-bond acceptors (Lipinski definition) is 6. The maximum atomic E-state index is 13.3. The Morgan fingerprint density at radius 3 is 2.31 bits per heavy atom. The third kappa shape index (κ3) is 5.16. The first-order valence-electron chi connectivity index (χ1n) is 9.41. The second kappa shape index (κ2) is 9.40. The van der Waals surface area contributed by atoms with E-state index in [1.165, 1.54) is 55.5 Å². The summed E-state index contributed by atoms with van der Waals surface area (Å²) in [7, 11) is -4.21. The van der Waals surface area contributed by atoms with Gasteiger partial charge in [0, 0.05) is 23.4 Å². The highest BCUT2D eigenvalue weighted by molar-refractivity contribution is 7.92. The molecule has 3 aromatic carbocycles. The Hall–Kier alpha value is -4.05. The van der Waals surface area contributed by atoms with Crippen LogP contribution >= 0.6 is 0 Å². The molecule has 1 amide bonds. The van der Waals surface area contributed by atoms with Crippen molar-refractivity contribution in [2.45, 2.75) is 11.8 Å².